The van der Waals surface area contributed by atoms with Crippen molar-refractivity contribution in [2.75, 3.05) is 6.54 Å². The first-order chi connectivity index (χ1) is 10.1. The first-order valence-corrected chi connectivity index (χ1v) is 8.40. The van der Waals surface area contributed by atoms with E-state index < -0.39 is 0 Å². The van der Waals surface area contributed by atoms with E-state index in [9.17, 15) is 4.79 Å². The Kier molecular flexibility index (Phi) is 4.00. The molecule has 1 aliphatic carbocycles. The summed E-state index contributed by atoms with van der Waals surface area (Å²) >= 11 is 7.33. The van der Waals surface area contributed by atoms with Gasteiger partial charge in [0.25, 0.3) is 5.91 Å². The highest BCUT2D eigenvalue weighted by Gasteiger charge is 2.37. The van der Waals surface area contributed by atoms with Gasteiger partial charge in [0.15, 0.2) is 0 Å². The molecule has 1 amide bonds. The molecule has 0 aliphatic heterocycles. The van der Waals surface area contributed by atoms with Crippen molar-refractivity contribution in [3.63, 3.8) is 0 Å². The Morgan fingerprint density at radius 2 is 2.10 bits per heavy atom. The minimum Gasteiger partial charge on any atom is -0.351 e. The zero-order valence-corrected chi connectivity index (χ0v) is 13.4. The summed E-state index contributed by atoms with van der Waals surface area (Å²) in [4.78, 5) is 16.5. The van der Waals surface area contributed by atoms with Gasteiger partial charge in [0.05, 0.1) is 11.6 Å². The standard InChI is InChI=1S/C16H17ClN2OS/c1-16(6-7-16)10-18-14(20)11-2-4-12(5-3-11)15-19-13(8-17)9-21-15/h2-5,9H,6-8,10H2,1H3,(H,18,20). The van der Waals surface area contributed by atoms with Crippen LogP contribution in [0.4, 0.5) is 0 Å². The SMILES string of the molecule is CC1(CNC(=O)c2ccc(-c3nc(CCl)cs3)cc2)CC1. The Bertz CT molecular complexity index is 647. The molecule has 1 aromatic heterocycles. The summed E-state index contributed by atoms with van der Waals surface area (Å²) in [7, 11) is 0. The molecule has 0 atom stereocenters. The molecule has 0 bridgehead atoms. The minimum absolute atomic E-state index is 0.00439. The summed E-state index contributed by atoms with van der Waals surface area (Å²) < 4.78 is 0. The third-order valence-corrected chi connectivity index (χ3v) is 5.08. The van der Waals surface area contributed by atoms with Gasteiger partial charge in [0, 0.05) is 23.1 Å². The molecule has 0 unspecified atom stereocenters. The van der Waals surface area contributed by atoms with Gasteiger partial charge in [-0.25, -0.2) is 4.98 Å². The summed E-state index contributed by atoms with van der Waals surface area (Å²) in [6, 6.07) is 7.57. The summed E-state index contributed by atoms with van der Waals surface area (Å²) in [6.45, 7) is 2.96. The van der Waals surface area contributed by atoms with E-state index in [1.165, 1.54) is 12.8 Å². The van der Waals surface area contributed by atoms with E-state index in [1.54, 1.807) is 11.3 Å². The number of hydrogen-bond acceptors (Lipinski definition) is 3. The van der Waals surface area contributed by atoms with Gasteiger partial charge >= 0.3 is 0 Å². The number of rotatable bonds is 5. The second-order valence-electron chi connectivity index (χ2n) is 5.85. The van der Waals surface area contributed by atoms with E-state index in [4.69, 9.17) is 11.6 Å². The van der Waals surface area contributed by atoms with Crippen molar-refractivity contribution in [3.8, 4) is 10.6 Å². The number of carbonyl (C=O) groups is 1. The zero-order chi connectivity index (χ0) is 14.9. The number of benzene rings is 1. The highest BCUT2D eigenvalue weighted by atomic mass is 35.5. The quantitative estimate of drug-likeness (QED) is 0.843. The molecule has 5 heteroatoms. The molecule has 1 fully saturated rings. The van der Waals surface area contributed by atoms with E-state index in [0.29, 0.717) is 16.9 Å². The lowest BCUT2D eigenvalue weighted by molar-refractivity contribution is 0.0946. The number of nitrogens with one attached hydrogen (secondary N) is 1. The third-order valence-electron chi connectivity index (χ3n) is 3.86. The van der Waals surface area contributed by atoms with Gasteiger partial charge in [-0.2, -0.15) is 0 Å². The molecule has 1 aromatic carbocycles. The van der Waals surface area contributed by atoms with Crippen LogP contribution in [0.5, 0.6) is 0 Å². The normalized spacial score (nSPS) is 15.7. The molecule has 0 spiro atoms. The predicted molar refractivity (Wildman–Crippen MR) is 86.8 cm³/mol. The first-order valence-electron chi connectivity index (χ1n) is 6.99. The summed E-state index contributed by atoms with van der Waals surface area (Å²) in [5.41, 5.74) is 2.92. The van der Waals surface area contributed by atoms with Crippen LogP contribution in [0.25, 0.3) is 10.6 Å². The molecule has 1 N–H and O–H groups in total. The monoisotopic (exact) mass is 320 g/mol. The number of hydrogen-bond donors (Lipinski definition) is 1. The van der Waals surface area contributed by atoms with Gasteiger partial charge < -0.3 is 5.32 Å². The first kappa shape index (κ1) is 14.5. The molecular weight excluding hydrogens is 304 g/mol. The molecule has 0 radical (unpaired) electrons. The molecular formula is C16H17ClN2OS. The van der Waals surface area contributed by atoms with Crippen LogP contribution in [0.2, 0.25) is 0 Å². The Hall–Kier alpha value is -1.39. The van der Waals surface area contributed by atoms with Crippen LogP contribution >= 0.6 is 22.9 Å². The van der Waals surface area contributed by atoms with Crippen LogP contribution in [0.15, 0.2) is 29.6 Å². The molecule has 110 valence electrons. The smallest absolute Gasteiger partial charge is 0.251 e. The highest BCUT2D eigenvalue weighted by molar-refractivity contribution is 7.13. The van der Waals surface area contributed by atoms with Crippen molar-refractivity contribution in [1.82, 2.24) is 10.3 Å². The average molecular weight is 321 g/mol. The van der Waals surface area contributed by atoms with Gasteiger partial charge in [0.2, 0.25) is 0 Å². The fraction of sp³-hybridized carbons (Fsp3) is 0.375. The maximum atomic E-state index is 12.1. The Labute approximate surface area is 133 Å². The van der Waals surface area contributed by atoms with Crippen molar-refractivity contribution in [2.45, 2.75) is 25.6 Å². The highest BCUT2D eigenvalue weighted by Crippen LogP contribution is 2.44. The lowest BCUT2D eigenvalue weighted by atomic mass is 10.1. The van der Waals surface area contributed by atoms with Gasteiger partial charge in [-0.05, 0) is 30.4 Å². The van der Waals surface area contributed by atoms with E-state index in [-0.39, 0.29) is 5.91 Å². The number of carbonyl (C=O) groups excluding carboxylic acids is 1. The van der Waals surface area contributed by atoms with Gasteiger partial charge in [-0.3, -0.25) is 4.79 Å². The van der Waals surface area contributed by atoms with Gasteiger partial charge in [0.1, 0.15) is 5.01 Å². The van der Waals surface area contributed by atoms with Crippen LogP contribution in [0, 0.1) is 5.41 Å². The van der Waals surface area contributed by atoms with E-state index in [0.717, 1.165) is 22.8 Å². The van der Waals surface area contributed by atoms with Crippen LogP contribution < -0.4 is 5.32 Å². The van der Waals surface area contributed by atoms with Crippen molar-refractivity contribution in [2.24, 2.45) is 5.41 Å². The Morgan fingerprint density at radius 1 is 1.38 bits per heavy atom. The summed E-state index contributed by atoms with van der Waals surface area (Å²) in [6.07, 6.45) is 2.42. The van der Waals surface area contributed by atoms with Crippen LogP contribution in [0.3, 0.4) is 0 Å². The maximum Gasteiger partial charge on any atom is 0.251 e. The van der Waals surface area contributed by atoms with Gasteiger partial charge in [-0.15, -0.1) is 22.9 Å². The van der Waals surface area contributed by atoms with Crippen molar-refractivity contribution in [1.29, 1.82) is 0 Å². The molecule has 1 saturated carbocycles. The van der Waals surface area contributed by atoms with Crippen molar-refractivity contribution < 1.29 is 4.79 Å². The maximum absolute atomic E-state index is 12.1. The minimum atomic E-state index is -0.00439. The molecule has 1 heterocycles. The molecule has 1 aliphatic rings. The lowest BCUT2D eigenvalue weighted by Gasteiger charge is -2.10. The average Bonchev–Trinajstić information content (AvgIpc) is 3.06. The van der Waals surface area contributed by atoms with E-state index >= 15 is 0 Å². The fourth-order valence-corrected chi connectivity index (χ4v) is 3.11. The Balaban J connectivity index is 1.66. The third kappa shape index (κ3) is 3.44. The largest absolute Gasteiger partial charge is 0.351 e. The molecule has 21 heavy (non-hydrogen) atoms. The van der Waals surface area contributed by atoms with Crippen molar-refractivity contribution >= 4 is 28.8 Å². The number of amides is 1. The van der Waals surface area contributed by atoms with Crippen LogP contribution in [0.1, 0.15) is 35.8 Å². The number of halogens is 1. The predicted octanol–water partition coefficient (Wildman–Crippen LogP) is 4.08. The number of aromatic nitrogens is 1. The fourth-order valence-electron chi connectivity index (χ4n) is 2.05. The van der Waals surface area contributed by atoms with Crippen molar-refractivity contribution in [3.05, 3.63) is 40.9 Å². The molecule has 3 rings (SSSR count). The van der Waals surface area contributed by atoms with E-state index in [2.05, 4.69) is 17.2 Å². The summed E-state index contributed by atoms with van der Waals surface area (Å²) in [5, 5.41) is 5.90. The second-order valence-corrected chi connectivity index (χ2v) is 6.97. The van der Waals surface area contributed by atoms with Crippen LogP contribution in [-0.2, 0) is 5.88 Å². The summed E-state index contributed by atoms with van der Waals surface area (Å²) in [5.74, 6) is 0.422. The topological polar surface area (TPSA) is 42.0 Å². The zero-order valence-electron chi connectivity index (χ0n) is 11.9. The van der Waals surface area contributed by atoms with Gasteiger partial charge in [-0.1, -0.05) is 19.1 Å². The van der Waals surface area contributed by atoms with Crippen LogP contribution in [-0.4, -0.2) is 17.4 Å². The number of alkyl halides is 1. The lowest BCUT2D eigenvalue weighted by Crippen LogP contribution is -2.28. The molecule has 0 saturated heterocycles. The number of thiazole rings is 1. The molecule has 3 nitrogen and oxygen atoms in total. The Morgan fingerprint density at radius 3 is 2.67 bits per heavy atom. The second kappa shape index (κ2) is 5.78. The molecule has 2 aromatic rings. The number of nitrogens with zero attached hydrogens (tertiary/aromatic N) is 1. The van der Waals surface area contributed by atoms with E-state index in [1.807, 2.05) is 29.6 Å².